The van der Waals surface area contributed by atoms with E-state index in [4.69, 9.17) is 13.9 Å². The number of hydrogen-bond donors (Lipinski definition) is 1. The smallest absolute Gasteiger partial charge is 0.319 e. The van der Waals surface area contributed by atoms with Gasteiger partial charge in [0.15, 0.2) is 5.76 Å². The standard InChI is InChI=1S/C22H28N6O6S/c1-26(2)22(29)27-12-6-8-15(14-27)35(30,31)25-21-24-23-20(18-11-7-13-34-18)28(21)19-16(32-3)9-5-10-17(19)33-4/h5,7,9-11,13,15H,6,8,12,14H2,1-4H3,(H,24,25)/t15-/m1/s1. The first-order chi connectivity index (χ1) is 16.8. The van der Waals surface area contributed by atoms with Crippen molar-refractivity contribution in [3.8, 4) is 28.8 Å². The molecule has 2 amide bonds. The first-order valence-corrected chi connectivity index (χ1v) is 12.5. The van der Waals surface area contributed by atoms with Gasteiger partial charge in [-0.25, -0.2) is 13.2 Å². The molecule has 0 saturated carbocycles. The minimum absolute atomic E-state index is 0.0599. The molecule has 0 aliphatic carbocycles. The van der Waals surface area contributed by atoms with E-state index in [-0.39, 0.29) is 24.3 Å². The van der Waals surface area contributed by atoms with Crippen LogP contribution < -0.4 is 14.2 Å². The van der Waals surface area contributed by atoms with Crippen LogP contribution in [-0.2, 0) is 10.0 Å². The third-order valence-corrected chi connectivity index (χ3v) is 7.46. The number of nitrogens with one attached hydrogen (secondary N) is 1. The summed E-state index contributed by atoms with van der Waals surface area (Å²) in [6.45, 7) is 0.573. The molecule has 2 aromatic heterocycles. The van der Waals surface area contributed by atoms with E-state index in [1.165, 1.54) is 34.8 Å². The number of aromatic nitrogens is 3. The van der Waals surface area contributed by atoms with E-state index in [0.717, 1.165) is 0 Å². The number of likely N-dealkylation sites (tertiary alicyclic amines) is 1. The molecule has 0 radical (unpaired) electrons. The molecule has 1 aliphatic rings. The van der Waals surface area contributed by atoms with Gasteiger partial charge in [-0.3, -0.25) is 9.29 Å². The van der Waals surface area contributed by atoms with Gasteiger partial charge in [0.2, 0.25) is 21.8 Å². The van der Waals surface area contributed by atoms with E-state index in [9.17, 15) is 13.2 Å². The Morgan fingerprint density at radius 1 is 1.14 bits per heavy atom. The van der Waals surface area contributed by atoms with Crippen molar-refractivity contribution in [3.63, 3.8) is 0 Å². The first-order valence-electron chi connectivity index (χ1n) is 10.9. The minimum atomic E-state index is -3.95. The summed E-state index contributed by atoms with van der Waals surface area (Å²) in [7, 11) is 2.32. The second-order valence-electron chi connectivity index (χ2n) is 8.21. The topological polar surface area (TPSA) is 132 Å². The van der Waals surface area contributed by atoms with E-state index in [1.807, 2.05) is 0 Å². The molecule has 0 spiro atoms. The van der Waals surface area contributed by atoms with E-state index in [1.54, 1.807) is 44.4 Å². The largest absolute Gasteiger partial charge is 0.494 e. The van der Waals surface area contributed by atoms with Gasteiger partial charge in [0, 0.05) is 27.2 Å². The summed E-state index contributed by atoms with van der Waals surface area (Å²) >= 11 is 0. The molecule has 1 aromatic carbocycles. The maximum Gasteiger partial charge on any atom is 0.319 e. The molecule has 1 saturated heterocycles. The van der Waals surface area contributed by atoms with Crippen molar-refractivity contribution < 1.29 is 27.1 Å². The number of hydrogen-bond acceptors (Lipinski definition) is 8. The SMILES string of the molecule is COc1cccc(OC)c1-n1c(NS(=O)(=O)[C@@H]2CCCN(C(=O)N(C)C)C2)nnc1-c1ccco1. The van der Waals surface area contributed by atoms with Crippen molar-refractivity contribution in [3.05, 3.63) is 36.6 Å². The van der Waals surface area contributed by atoms with Crippen LogP contribution in [0.4, 0.5) is 10.7 Å². The van der Waals surface area contributed by atoms with Gasteiger partial charge in [0.05, 0.1) is 25.7 Å². The highest BCUT2D eigenvalue weighted by Gasteiger charge is 2.35. The number of rotatable bonds is 7. The van der Waals surface area contributed by atoms with E-state index >= 15 is 0 Å². The number of methoxy groups -OCH3 is 2. The molecule has 0 bridgehead atoms. The quantitative estimate of drug-likeness (QED) is 0.519. The van der Waals surface area contributed by atoms with Gasteiger partial charge in [0.1, 0.15) is 17.2 Å². The number of urea groups is 1. The molecule has 188 valence electrons. The second kappa shape index (κ2) is 9.86. The zero-order chi connectivity index (χ0) is 25.2. The molecular formula is C22H28N6O6S. The Morgan fingerprint density at radius 2 is 1.86 bits per heavy atom. The molecule has 3 aromatic rings. The summed E-state index contributed by atoms with van der Waals surface area (Å²) in [4.78, 5) is 15.4. The summed E-state index contributed by atoms with van der Waals surface area (Å²) in [6, 6.07) is 8.33. The van der Waals surface area contributed by atoms with Crippen LogP contribution in [0.5, 0.6) is 11.5 Å². The predicted molar refractivity (Wildman–Crippen MR) is 128 cm³/mol. The summed E-state index contributed by atoms with van der Waals surface area (Å²) in [5, 5.41) is 7.49. The highest BCUT2D eigenvalue weighted by molar-refractivity contribution is 7.93. The third-order valence-electron chi connectivity index (χ3n) is 5.73. The molecule has 4 rings (SSSR count). The number of piperidine rings is 1. The Morgan fingerprint density at radius 3 is 2.46 bits per heavy atom. The van der Waals surface area contributed by atoms with Crippen LogP contribution in [0.2, 0.25) is 0 Å². The third kappa shape index (κ3) is 4.76. The lowest BCUT2D eigenvalue weighted by atomic mass is 10.1. The van der Waals surface area contributed by atoms with Gasteiger partial charge < -0.3 is 23.7 Å². The lowest BCUT2D eigenvalue weighted by Gasteiger charge is -2.34. The maximum atomic E-state index is 13.5. The fourth-order valence-electron chi connectivity index (χ4n) is 4.04. The molecule has 1 aliphatic heterocycles. The van der Waals surface area contributed by atoms with Crippen molar-refractivity contribution in [2.24, 2.45) is 0 Å². The zero-order valence-corrected chi connectivity index (χ0v) is 20.8. The van der Waals surface area contributed by atoms with Gasteiger partial charge in [-0.05, 0) is 37.1 Å². The number of nitrogens with zero attached hydrogens (tertiary/aromatic N) is 5. The van der Waals surface area contributed by atoms with Gasteiger partial charge in [-0.1, -0.05) is 6.07 Å². The molecular weight excluding hydrogens is 476 g/mol. The normalized spacial score (nSPS) is 16.1. The summed E-state index contributed by atoms with van der Waals surface area (Å²) < 4.78 is 47.6. The first kappa shape index (κ1) is 24.4. The van der Waals surface area contributed by atoms with Crippen LogP contribution in [0.1, 0.15) is 12.8 Å². The average Bonchev–Trinajstić information content (AvgIpc) is 3.52. The summed E-state index contributed by atoms with van der Waals surface area (Å²) in [5.41, 5.74) is 0.402. The highest BCUT2D eigenvalue weighted by atomic mass is 32.2. The predicted octanol–water partition coefficient (Wildman–Crippen LogP) is 2.43. The Labute approximate surface area is 203 Å². The minimum Gasteiger partial charge on any atom is -0.494 e. The number of benzene rings is 1. The van der Waals surface area contributed by atoms with Crippen molar-refractivity contribution in [1.82, 2.24) is 24.6 Å². The fourth-order valence-corrected chi connectivity index (χ4v) is 5.44. The van der Waals surface area contributed by atoms with Gasteiger partial charge in [0.25, 0.3) is 0 Å². The van der Waals surface area contributed by atoms with Gasteiger partial charge in [-0.2, -0.15) is 0 Å². The number of carbonyl (C=O) groups excluding carboxylic acids is 1. The van der Waals surface area contributed by atoms with Crippen LogP contribution in [0.3, 0.4) is 0 Å². The number of anilines is 1. The molecule has 35 heavy (non-hydrogen) atoms. The van der Waals surface area contributed by atoms with Gasteiger partial charge in [-0.15, -0.1) is 10.2 Å². The Balaban J connectivity index is 1.76. The molecule has 12 nitrogen and oxygen atoms in total. The molecule has 13 heteroatoms. The number of ether oxygens (including phenoxy) is 2. The monoisotopic (exact) mass is 504 g/mol. The number of para-hydroxylation sites is 1. The zero-order valence-electron chi connectivity index (χ0n) is 20.0. The average molecular weight is 505 g/mol. The van der Waals surface area contributed by atoms with Crippen molar-refractivity contribution in [1.29, 1.82) is 0 Å². The maximum absolute atomic E-state index is 13.5. The molecule has 1 atom stereocenters. The van der Waals surface area contributed by atoms with Crippen LogP contribution in [0.25, 0.3) is 17.3 Å². The van der Waals surface area contributed by atoms with E-state index < -0.39 is 15.3 Å². The van der Waals surface area contributed by atoms with E-state index in [0.29, 0.717) is 42.3 Å². The molecule has 3 heterocycles. The lowest BCUT2D eigenvalue weighted by molar-refractivity contribution is 0.161. The number of sulfonamides is 1. The second-order valence-corrected chi connectivity index (χ2v) is 10.2. The number of furan rings is 1. The Hall–Kier alpha value is -3.74. The highest BCUT2D eigenvalue weighted by Crippen LogP contribution is 2.38. The van der Waals surface area contributed by atoms with Crippen molar-refractivity contribution in [2.45, 2.75) is 18.1 Å². The van der Waals surface area contributed by atoms with Crippen LogP contribution in [0.15, 0.2) is 41.0 Å². The molecule has 1 N–H and O–H groups in total. The number of amides is 2. The number of carbonyl (C=O) groups is 1. The van der Waals surface area contributed by atoms with Gasteiger partial charge >= 0.3 is 6.03 Å². The summed E-state index contributed by atoms with van der Waals surface area (Å²) in [5.74, 6) is 1.39. The van der Waals surface area contributed by atoms with Crippen molar-refractivity contribution >= 4 is 22.0 Å². The Kier molecular flexibility index (Phi) is 6.87. The fraction of sp³-hybridized carbons (Fsp3) is 0.409. The lowest BCUT2D eigenvalue weighted by Crippen LogP contribution is -2.49. The van der Waals surface area contributed by atoms with Crippen molar-refractivity contribution in [2.75, 3.05) is 46.1 Å². The van der Waals surface area contributed by atoms with Crippen LogP contribution in [-0.4, -0.2) is 85.7 Å². The molecule has 0 unspecified atom stereocenters. The summed E-state index contributed by atoms with van der Waals surface area (Å²) in [6.07, 6.45) is 2.45. The molecule has 1 fully saturated rings. The van der Waals surface area contributed by atoms with Crippen LogP contribution in [0, 0.1) is 0 Å². The van der Waals surface area contributed by atoms with E-state index in [2.05, 4.69) is 14.9 Å². The van der Waals surface area contributed by atoms with Crippen LogP contribution >= 0.6 is 0 Å². The Bertz CT molecular complexity index is 1270.